The van der Waals surface area contributed by atoms with Gasteiger partial charge in [-0.3, -0.25) is 4.79 Å². The van der Waals surface area contributed by atoms with Crippen molar-refractivity contribution in [3.8, 4) is 0 Å². The van der Waals surface area contributed by atoms with E-state index in [1.807, 2.05) is 12.1 Å². The van der Waals surface area contributed by atoms with Crippen LogP contribution < -0.4 is 0 Å². The number of Topliss-reactive ketones (excluding diaryl/α,β-unsaturated/α-hetero) is 1. The summed E-state index contributed by atoms with van der Waals surface area (Å²) in [7, 11) is 0. The lowest BCUT2D eigenvalue weighted by Crippen LogP contribution is -1.90. The number of hydrogen-bond donors (Lipinski definition) is 0. The Bertz CT molecular complexity index is 339. The maximum atomic E-state index is 11.4. The Kier molecular flexibility index (Phi) is 1.53. The van der Waals surface area contributed by atoms with Crippen LogP contribution >= 0.6 is 0 Å². The van der Waals surface area contributed by atoms with Gasteiger partial charge in [0.2, 0.25) is 0 Å². The Hall–Kier alpha value is -1.11. The van der Waals surface area contributed by atoms with Crippen LogP contribution in [0.25, 0.3) is 0 Å². The lowest BCUT2D eigenvalue weighted by atomic mass is 10.0. The number of aryl methyl sites for hydroxylation is 1. The summed E-state index contributed by atoms with van der Waals surface area (Å²) in [5.74, 6) is 0.727. The van der Waals surface area contributed by atoms with Crippen LogP contribution in [0.15, 0.2) is 18.2 Å². The predicted octanol–water partition coefficient (Wildman–Crippen LogP) is 2.68. The molecule has 1 aliphatic carbocycles. The molecule has 62 valence electrons. The highest BCUT2D eigenvalue weighted by Crippen LogP contribution is 2.32. The quantitative estimate of drug-likeness (QED) is 0.570. The minimum atomic E-state index is 0.303. The first-order chi connectivity index (χ1) is 5.68. The molecular weight excluding hydrogens is 148 g/mol. The average molecular weight is 160 g/mol. The van der Waals surface area contributed by atoms with Crippen molar-refractivity contribution in [2.45, 2.75) is 26.2 Å². The van der Waals surface area contributed by atoms with Gasteiger partial charge >= 0.3 is 0 Å². The fourth-order valence-electron chi connectivity index (χ4n) is 1.84. The van der Waals surface area contributed by atoms with E-state index in [-0.39, 0.29) is 0 Å². The highest BCUT2D eigenvalue weighted by atomic mass is 16.1. The summed E-state index contributed by atoms with van der Waals surface area (Å²) < 4.78 is 0. The van der Waals surface area contributed by atoms with Crippen molar-refractivity contribution in [2.24, 2.45) is 0 Å². The fourth-order valence-corrected chi connectivity index (χ4v) is 1.84. The van der Waals surface area contributed by atoms with E-state index < -0.39 is 0 Å². The molecule has 12 heavy (non-hydrogen) atoms. The third kappa shape index (κ3) is 0.970. The van der Waals surface area contributed by atoms with Crippen LogP contribution in [0.1, 0.15) is 40.7 Å². The van der Waals surface area contributed by atoms with Gasteiger partial charge in [0.05, 0.1) is 0 Å². The summed E-state index contributed by atoms with van der Waals surface area (Å²) in [4.78, 5) is 11.4. The topological polar surface area (TPSA) is 17.1 Å². The molecule has 0 amide bonds. The van der Waals surface area contributed by atoms with Gasteiger partial charge in [-0.25, -0.2) is 0 Å². The second kappa shape index (κ2) is 2.44. The van der Waals surface area contributed by atoms with Crippen molar-refractivity contribution in [2.75, 3.05) is 0 Å². The predicted molar refractivity (Wildman–Crippen MR) is 48.5 cm³/mol. The van der Waals surface area contributed by atoms with Crippen LogP contribution in [-0.4, -0.2) is 5.78 Å². The van der Waals surface area contributed by atoms with Gasteiger partial charge in [0, 0.05) is 12.0 Å². The van der Waals surface area contributed by atoms with Gasteiger partial charge in [-0.15, -0.1) is 0 Å². The largest absolute Gasteiger partial charge is 0.294 e. The van der Waals surface area contributed by atoms with Crippen molar-refractivity contribution in [1.82, 2.24) is 0 Å². The summed E-state index contributed by atoms with van der Waals surface area (Å²) in [6.45, 7) is 4.18. The van der Waals surface area contributed by atoms with Crippen molar-refractivity contribution in [3.05, 3.63) is 34.9 Å². The first kappa shape index (κ1) is 7.53. The molecule has 0 N–H and O–H groups in total. The Morgan fingerprint density at radius 1 is 1.42 bits per heavy atom. The molecule has 0 spiro atoms. The molecule has 1 atom stereocenters. The molecule has 1 aromatic carbocycles. The van der Waals surface area contributed by atoms with E-state index in [0.717, 1.165) is 5.56 Å². The average Bonchev–Trinajstić information content (AvgIpc) is 2.28. The minimum Gasteiger partial charge on any atom is -0.294 e. The molecule has 1 aromatic rings. The monoisotopic (exact) mass is 160 g/mol. The van der Waals surface area contributed by atoms with Crippen molar-refractivity contribution >= 4 is 5.78 Å². The normalized spacial score (nSPS) is 21.2. The second-order valence-electron chi connectivity index (χ2n) is 3.62. The number of carbonyl (C=O) groups is 1. The molecule has 0 bridgehead atoms. The molecule has 0 aromatic heterocycles. The molecule has 0 fully saturated rings. The van der Waals surface area contributed by atoms with Crippen LogP contribution in [0.2, 0.25) is 0 Å². The van der Waals surface area contributed by atoms with Gasteiger partial charge in [-0.1, -0.05) is 30.7 Å². The highest BCUT2D eigenvalue weighted by Gasteiger charge is 2.25. The summed E-state index contributed by atoms with van der Waals surface area (Å²) in [6.07, 6.45) is 0.693. The number of rotatable bonds is 0. The molecule has 0 heterocycles. The molecule has 1 nitrogen and oxygen atoms in total. The Labute approximate surface area is 72.4 Å². The van der Waals surface area contributed by atoms with E-state index in [1.165, 1.54) is 11.1 Å². The highest BCUT2D eigenvalue weighted by molar-refractivity contribution is 6.01. The Morgan fingerprint density at radius 3 is 2.92 bits per heavy atom. The smallest absolute Gasteiger partial charge is 0.163 e. The molecular formula is C11H12O. The van der Waals surface area contributed by atoms with Gasteiger partial charge in [-0.05, 0) is 18.4 Å². The first-order valence-electron chi connectivity index (χ1n) is 4.32. The van der Waals surface area contributed by atoms with E-state index in [0.29, 0.717) is 18.1 Å². The zero-order chi connectivity index (χ0) is 8.72. The standard InChI is InChI=1S/C11H12O/c1-7-3-4-9-10(5-7)8(2)6-11(9)12/h3-5,8H,6H2,1-2H3/t8-/m0/s1. The maximum absolute atomic E-state index is 11.4. The lowest BCUT2D eigenvalue weighted by Gasteiger charge is -2.02. The molecule has 0 unspecified atom stereocenters. The van der Waals surface area contributed by atoms with E-state index in [9.17, 15) is 4.79 Å². The third-order valence-electron chi connectivity index (χ3n) is 2.53. The Balaban J connectivity index is 2.60. The maximum Gasteiger partial charge on any atom is 0.163 e. The van der Waals surface area contributed by atoms with Crippen LogP contribution in [0.5, 0.6) is 0 Å². The lowest BCUT2D eigenvalue weighted by molar-refractivity contribution is 0.0990. The van der Waals surface area contributed by atoms with E-state index in [2.05, 4.69) is 19.9 Å². The van der Waals surface area contributed by atoms with Gasteiger partial charge in [-0.2, -0.15) is 0 Å². The van der Waals surface area contributed by atoms with E-state index in [4.69, 9.17) is 0 Å². The van der Waals surface area contributed by atoms with Crippen LogP contribution in [0.4, 0.5) is 0 Å². The summed E-state index contributed by atoms with van der Waals surface area (Å²) in [6, 6.07) is 6.09. The van der Waals surface area contributed by atoms with E-state index >= 15 is 0 Å². The van der Waals surface area contributed by atoms with Gasteiger partial charge < -0.3 is 0 Å². The molecule has 0 radical (unpaired) electrons. The molecule has 0 saturated carbocycles. The van der Waals surface area contributed by atoms with Crippen LogP contribution in [0, 0.1) is 6.92 Å². The third-order valence-corrected chi connectivity index (χ3v) is 2.53. The fraction of sp³-hybridized carbons (Fsp3) is 0.364. The van der Waals surface area contributed by atoms with Gasteiger partial charge in [0.15, 0.2) is 5.78 Å². The van der Waals surface area contributed by atoms with Gasteiger partial charge in [0.1, 0.15) is 0 Å². The SMILES string of the molecule is Cc1ccc2c(c1)[C@@H](C)CC2=O. The molecule has 1 heteroatoms. The van der Waals surface area contributed by atoms with Crippen LogP contribution in [-0.2, 0) is 0 Å². The number of ketones is 1. The van der Waals surface area contributed by atoms with Gasteiger partial charge in [0.25, 0.3) is 0 Å². The Morgan fingerprint density at radius 2 is 2.17 bits per heavy atom. The second-order valence-corrected chi connectivity index (χ2v) is 3.62. The number of fused-ring (bicyclic) bond motifs is 1. The zero-order valence-electron chi connectivity index (χ0n) is 7.42. The molecule has 1 aliphatic rings. The zero-order valence-corrected chi connectivity index (χ0v) is 7.42. The number of carbonyl (C=O) groups excluding carboxylic acids is 1. The first-order valence-corrected chi connectivity index (χ1v) is 4.32. The number of hydrogen-bond acceptors (Lipinski definition) is 1. The van der Waals surface area contributed by atoms with Crippen molar-refractivity contribution in [1.29, 1.82) is 0 Å². The number of benzene rings is 1. The summed E-state index contributed by atoms with van der Waals surface area (Å²) in [5, 5.41) is 0. The molecule has 2 rings (SSSR count). The minimum absolute atomic E-state index is 0.303. The summed E-state index contributed by atoms with van der Waals surface area (Å²) >= 11 is 0. The van der Waals surface area contributed by atoms with E-state index in [1.54, 1.807) is 0 Å². The van der Waals surface area contributed by atoms with Crippen molar-refractivity contribution in [3.63, 3.8) is 0 Å². The molecule has 0 aliphatic heterocycles. The van der Waals surface area contributed by atoms with Crippen molar-refractivity contribution < 1.29 is 4.79 Å². The summed E-state index contributed by atoms with van der Waals surface area (Å²) in [5.41, 5.74) is 3.42. The van der Waals surface area contributed by atoms with Crippen LogP contribution in [0.3, 0.4) is 0 Å². The molecule has 0 saturated heterocycles.